The van der Waals surface area contributed by atoms with Crippen LogP contribution in [0, 0.1) is 6.92 Å². The van der Waals surface area contributed by atoms with Crippen LogP contribution < -0.4 is 14.8 Å². The van der Waals surface area contributed by atoms with Crippen LogP contribution in [0.4, 0.5) is 5.82 Å². The number of fused-ring (bicyclic) bond motifs is 1. The van der Waals surface area contributed by atoms with Crippen molar-refractivity contribution in [2.75, 3.05) is 11.8 Å². The fraction of sp³-hybridized carbons (Fsp3) is 0.138. The molecule has 3 aromatic carbocycles. The van der Waals surface area contributed by atoms with Gasteiger partial charge >= 0.3 is 0 Å². The Morgan fingerprint density at radius 2 is 1.80 bits per heavy atom. The van der Waals surface area contributed by atoms with E-state index in [1.54, 1.807) is 19.2 Å². The third kappa shape index (κ3) is 7.51. The first-order valence-corrected chi connectivity index (χ1v) is 14.6. The molecule has 0 saturated carbocycles. The molecule has 0 aliphatic rings. The standard InChI is InChI=1S/C28H25ClN4O3S2.CH2O2/c1-18-9-11-21(12-10-18)28(34)30-16-19-5-3-6-20(15-19)17-33-22-7-4-8-23(36-2)26(22)27(31-33)32-38(35)25-14-13-24(29)37-25;2-1-3/h3-15H,16-17H2,1-2H3,(H,30,34)(H,31,32);1H,(H,2,3). The van der Waals surface area contributed by atoms with Crippen molar-refractivity contribution in [1.29, 1.82) is 0 Å². The number of rotatable bonds is 9. The van der Waals surface area contributed by atoms with Gasteiger partial charge in [0, 0.05) is 12.1 Å². The lowest BCUT2D eigenvalue weighted by Gasteiger charge is -2.09. The van der Waals surface area contributed by atoms with Crippen molar-refractivity contribution in [2.45, 2.75) is 24.2 Å². The Labute approximate surface area is 248 Å². The number of nitrogens with zero attached hydrogens (tertiary/aromatic N) is 2. The number of halogens is 1. The van der Waals surface area contributed by atoms with Gasteiger partial charge in [0.25, 0.3) is 12.4 Å². The number of hydrogen-bond donors (Lipinski definition) is 3. The van der Waals surface area contributed by atoms with Gasteiger partial charge in [-0.05, 0) is 54.4 Å². The monoisotopic (exact) mass is 610 g/mol. The summed E-state index contributed by atoms with van der Waals surface area (Å²) in [4.78, 5) is 20.9. The molecule has 212 valence electrons. The first-order chi connectivity index (χ1) is 19.8. The second-order valence-electron chi connectivity index (χ2n) is 8.76. The Bertz CT molecular complexity index is 1680. The normalized spacial score (nSPS) is 11.3. The zero-order chi connectivity index (χ0) is 29.4. The molecule has 0 radical (unpaired) electrons. The van der Waals surface area contributed by atoms with Crippen molar-refractivity contribution in [1.82, 2.24) is 15.1 Å². The largest absolute Gasteiger partial charge is 0.496 e. The summed E-state index contributed by atoms with van der Waals surface area (Å²) in [5, 5.41) is 15.4. The topological polar surface area (TPSA) is 123 Å². The van der Waals surface area contributed by atoms with Gasteiger partial charge in [-0.2, -0.15) is 5.10 Å². The molecule has 2 heterocycles. The summed E-state index contributed by atoms with van der Waals surface area (Å²) in [6, 6.07) is 24.6. The molecule has 9 nitrogen and oxygen atoms in total. The smallest absolute Gasteiger partial charge is 0.290 e. The van der Waals surface area contributed by atoms with E-state index in [0.717, 1.165) is 27.6 Å². The number of carbonyl (C=O) groups excluding carboxylic acids is 1. The van der Waals surface area contributed by atoms with Crippen LogP contribution in [0.15, 0.2) is 83.1 Å². The maximum absolute atomic E-state index is 13.0. The molecule has 0 spiro atoms. The summed E-state index contributed by atoms with van der Waals surface area (Å²) in [6.07, 6.45) is 0. The molecule has 5 aromatic rings. The van der Waals surface area contributed by atoms with Crippen LogP contribution in [-0.4, -0.2) is 38.6 Å². The van der Waals surface area contributed by atoms with Crippen LogP contribution in [0.3, 0.4) is 0 Å². The fourth-order valence-corrected chi connectivity index (χ4v) is 6.32. The lowest BCUT2D eigenvalue weighted by atomic mass is 10.1. The van der Waals surface area contributed by atoms with Gasteiger partial charge in [-0.1, -0.05) is 59.6 Å². The summed E-state index contributed by atoms with van der Waals surface area (Å²) < 4.78 is 24.6. The molecule has 0 saturated heterocycles. The van der Waals surface area contributed by atoms with Crippen molar-refractivity contribution in [3.63, 3.8) is 0 Å². The second-order valence-corrected chi connectivity index (χ2v) is 11.9. The number of ether oxygens (including phenoxy) is 1. The molecule has 0 fully saturated rings. The minimum atomic E-state index is -1.53. The predicted octanol–water partition coefficient (Wildman–Crippen LogP) is 5.88. The molecule has 0 aliphatic carbocycles. The van der Waals surface area contributed by atoms with Gasteiger partial charge in [0.15, 0.2) is 16.8 Å². The van der Waals surface area contributed by atoms with Crippen LogP contribution in [0.2, 0.25) is 4.34 Å². The van der Waals surface area contributed by atoms with E-state index in [0.29, 0.717) is 38.8 Å². The average Bonchev–Trinajstić information content (AvgIpc) is 3.56. The number of thiophene rings is 1. The van der Waals surface area contributed by atoms with Crippen LogP contribution in [0.1, 0.15) is 27.0 Å². The lowest BCUT2D eigenvalue weighted by Crippen LogP contribution is -2.22. The molecular formula is C29H27ClN4O5S2. The molecule has 12 heteroatoms. The molecule has 0 aliphatic heterocycles. The SMILES string of the molecule is COc1cccc2c1c(NS(=O)c1ccc(Cl)s1)nn2Cc1cccc(CNC(=O)c2ccc(C)cc2)c1.O=CO. The van der Waals surface area contributed by atoms with E-state index < -0.39 is 11.0 Å². The summed E-state index contributed by atoms with van der Waals surface area (Å²) in [5.74, 6) is 0.975. The van der Waals surface area contributed by atoms with E-state index in [9.17, 15) is 9.00 Å². The van der Waals surface area contributed by atoms with E-state index in [1.807, 2.05) is 78.3 Å². The summed E-state index contributed by atoms with van der Waals surface area (Å²) in [7, 11) is 0.0688. The van der Waals surface area contributed by atoms with E-state index in [4.69, 9.17) is 31.3 Å². The molecule has 41 heavy (non-hydrogen) atoms. The summed E-state index contributed by atoms with van der Waals surface area (Å²) in [5.41, 5.74) is 4.57. The molecular weight excluding hydrogens is 584 g/mol. The number of carboxylic acid groups (broad SMARTS) is 1. The zero-order valence-electron chi connectivity index (χ0n) is 22.2. The van der Waals surface area contributed by atoms with Crippen LogP contribution >= 0.6 is 22.9 Å². The molecule has 3 N–H and O–H groups in total. The quantitative estimate of drug-likeness (QED) is 0.179. The minimum absolute atomic E-state index is 0.115. The van der Waals surface area contributed by atoms with Gasteiger partial charge in [-0.15, -0.1) is 11.3 Å². The lowest BCUT2D eigenvalue weighted by molar-refractivity contribution is -0.122. The maximum Gasteiger partial charge on any atom is 0.290 e. The van der Waals surface area contributed by atoms with Crippen molar-refractivity contribution >= 4 is 63.0 Å². The number of nitrogens with one attached hydrogen (secondary N) is 2. The number of carbonyl (C=O) groups is 2. The van der Waals surface area contributed by atoms with Crippen LogP contribution in [0.5, 0.6) is 5.75 Å². The van der Waals surface area contributed by atoms with E-state index >= 15 is 0 Å². The highest BCUT2D eigenvalue weighted by atomic mass is 35.5. The van der Waals surface area contributed by atoms with Crippen molar-refractivity contribution in [3.8, 4) is 5.75 Å². The zero-order valence-corrected chi connectivity index (χ0v) is 24.6. The number of benzene rings is 3. The first-order valence-electron chi connectivity index (χ1n) is 12.3. The number of hydrogen-bond acceptors (Lipinski definition) is 6. The van der Waals surface area contributed by atoms with Gasteiger partial charge in [0.2, 0.25) is 0 Å². The Kier molecular flexibility index (Phi) is 10.1. The predicted molar refractivity (Wildman–Crippen MR) is 162 cm³/mol. The van der Waals surface area contributed by atoms with E-state index in [1.165, 1.54) is 11.3 Å². The van der Waals surface area contributed by atoms with Crippen molar-refractivity contribution in [2.24, 2.45) is 0 Å². The Morgan fingerprint density at radius 1 is 1.10 bits per heavy atom. The highest BCUT2D eigenvalue weighted by Gasteiger charge is 2.18. The van der Waals surface area contributed by atoms with Gasteiger partial charge in [0.05, 0.1) is 28.9 Å². The molecule has 1 amide bonds. The van der Waals surface area contributed by atoms with Crippen molar-refractivity contribution < 1.29 is 23.6 Å². The maximum atomic E-state index is 13.0. The summed E-state index contributed by atoms with van der Waals surface area (Å²) in [6.45, 7) is 2.62. The third-order valence-electron chi connectivity index (χ3n) is 5.97. The number of aromatic nitrogens is 2. The van der Waals surface area contributed by atoms with Crippen LogP contribution in [0.25, 0.3) is 10.9 Å². The third-order valence-corrected chi connectivity index (χ3v) is 8.58. The molecule has 0 bridgehead atoms. The second kappa shape index (κ2) is 13.9. The first kappa shape index (κ1) is 29.8. The molecule has 2 aromatic heterocycles. The number of amides is 1. The van der Waals surface area contributed by atoms with Gasteiger partial charge < -0.3 is 15.2 Å². The van der Waals surface area contributed by atoms with E-state index in [2.05, 4.69) is 10.0 Å². The minimum Gasteiger partial charge on any atom is -0.496 e. The van der Waals surface area contributed by atoms with E-state index in [-0.39, 0.29) is 12.4 Å². The number of anilines is 1. The van der Waals surface area contributed by atoms with Crippen LogP contribution in [-0.2, 0) is 28.9 Å². The number of aryl methyl sites for hydroxylation is 1. The molecule has 5 rings (SSSR count). The van der Waals surface area contributed by atoms with Gasteiger partial charge in [-0.3, -0.25) is 19.0 Å². The Balaban J connectivity index is 0.00000124. The highest BCUT2D eigenvalue weighted by Crippen LogP contribution is 2.34. The Hall–Kier alpha value is -4.19. The van der Waals surface area contributed by atoms with Crippen molar-refractivity contribution in [3.05, 3.63) is 105 Å². The molecule has 1 unspecified atom stereocenters. The number of methoxy groups -OCH3 is 1. The highest BCUT2D eigenvalue weighted by molar-refractivity contribution is 7.88. The van der Waals surface area contributed by atoms with Gasteiger partial charge in [0.1, 0.15) is 9.96 Å². The summed E-state index contributed by atoms with van der Waals surface area (Å²) >= 11 is 7.28. The van der Waals surface area contributed by atoms with Gasteiger partial charge in [-0.25, -0.2) is 4.21 Å². The Morgan fingerprint density at radius 3 is 2.49 bits per heavy atom. The average molecular weight is 611 g/mol. The molecule has 1 atom stereocenters. The fourth-order valence-electron chi connectivity index (χ4n) is 4.09.